The fourth-order valence-corrected chi connectivity index (χ4v) is 3.34. The van der Waals surface area contributed by atoms with Crippen LogP contribution in [0.15, 0.2) is 0 Å². The molecule has 10 nitrogen and oxygen atoms in total. The Kier molecular flexibility index (Phi) is 7.78. The summed E-state index contributed by atoms with van der Waals surface area (Å²) in [4.78, 5) is 65.5. The Bertz CT molecular complexity index is 707. The number of nitrogens with one attached hydrogen (secondary N) is 2. The lowest BCUT2D eigenvalue weighted by molar-refractivity contribution is -0.197. The fraction of sp³-hybridized carbons (Fsp3) is 0.750. The molecule has 0 aromatic heterocycles. The lowest BCUT2D eigenvalue weighted by Gasteiger charge is -2.30. The van der Waals surface area contributed by atoms with Crippen LogP contribution in [0.3, 0.4) is 0 Å². The minimum absolute atomic E-state index is 0.00958. The average Bonchev–Trinajstić information content (AvgIpc) is 3.29. The van der Waals surface area contributed by atoms with Gasteiger partial charge in [-0.2, -0.15) is 0 Å². The highest BCUT2D eigenvalue weighted by Gasteiger charge is 2.33. The Morgan fingerprint density at radius 3 is 2.37 bits per heavy atom. The van der Waals surface area contributed by atoms with Gasteiger partial charge in [0.2, 0.25) is 11.8 Å². The molecule has 0 aliphatic carbocycles. The van der Waals surface area contributed by atoms with Crippen molar-refractivity contribution in [2.24, 2.45) is 5.41 Å². The number of amides is 4. The molecule has 2 heterocycles. The van der Waals surface area contributed by atoms with Crippen LogP contribution in [-0.2, 0) is 28.8 Å². The maximum Gasteiger partial charge on any atom is 0.334 e. The molecule has 2 saturated heterocycles. The summed E-state index contributed by atoms with van der Waals surface area (Å²) in [6.45, 7) is 6.27. The molecule has 2 N–H and O–H groups in total. The second-order valence-corrected chi connectivity index (χ2v) is 8.58. The standard InChI is InChI=1S/C20H32N4O6/c1-20(2,3)13-23-12-4-5-14(23)19(29)22-10-8-15(25)21-11-9-18(28)30-24-16(26)6-7-17(24)27/h14H,4-13H2,1-3H3,(H,21,25)(H,22,29)/i13D. The van der Waals surface area contributed by atoms with Gasteiger partial charge in [0.1, 0.15) is 0 Å². The molecule has 0 aromatic rings. The van der Waals surface area contributed by atoms with Crippen molar-refractivity contribution in [2.75, 3.05) is 26.2 Å². The zero-order valence-electron chi connectivity index (χ0n) is 18.9. The Hall–Kier alpha value is -2.49. The van der Waals surface area contributed by atoms with E-state index in [1.165, 1.54) is 0 Å². The van der Waals surface area contributed by atoms with E-state index < -0.39 is 24.3 Å². The number of hydrogen-bond acceptors (Lipinski definition) is 7. The highest BCUT2D eigenvalue weighted by Crippen LogP contribution is 2.23. The first kappa shape index (κ1) is 22.2. The molecule has 0 spiro atoms. The highest BCUT2D eigenvalue weighted by molar-refractivity contribution is 6.01. The molecule has 0 aromatic carbocycles. The van der Waals surface area contributed by atoms with Gasteiger partial charge in [-0.1, -0.05) is 20.8 Å². The van der Waals surface area contributed by atoms with Crippen molar-refractivity contribution in [3.8, 4) is 0 Å². The highest BCUT2D eigenvalue weighted by atomic mass is 16.7. The second-order valence-electron chi connectivity index (χ2n) is 8.58. The summed E-state index contributed by atoms with van der Waals surface area (Å²) < 4.78 is 8.40. The monoisotopic (exact) mass is 425 g/mol. The van der Waals surface area contributed by atoms with Crippen molar-refractivity contribution in [1.82, 2.24) is 20.6 Å². The van der Waals surface area contributed by atoms with Crippen LogP contribution in [-0.4, -0.2) is 71.8 Å². The van der Waals surface area contributed by atoms with Gasteiger partial charge < -0.3 is 15.5 Å². The Morgan fingerprint density at radius 2 is 1.73 bits per heavy atom. The normalized spacial score (nSPS) is 21.4. The zero-order valence-corrected chi connectivity index (χ0v) is 17.9. The number of carbonyl (C=O) groups is 5. The minimum Gasteiger partial charge on any atom is -0.355 e. The van der Waals surface area contributed by atoms with Crippen molar-refractivity contribution >= 4 is 29.6 Å². The maximum absolute atomic E-state index is 12.5. The van der Waals surface area contributed by atoms with Crippen LogP contribution in [0, 0.1) is 5.41 Å². The zero-order chi connectivity index (χ0) is 23.2. The van der Waals surface area contributed by atoms with E-state index in [1.54, 1.807) is 0 Å². The average molecular weight is 426 g/mol. The molecular weight excluding hydrogens is 392 g/mol. The van der Waals surface area contributed by atoms with Crippen molar-refractivity contribution in [3.05, 3.63) is 0 Å². The molecule has 2 aliphatic heterocycles. The predicted molar refractivity (Wildman–Crippen MR) is 106 cm³/mol. The van der Waals surface area contributed by atoms with E-state index in [4.69, 9.17) is 6.21 Å². The SMILES string of the molecule is [2H]C(N1CCCC1C(=O)NCCC(=O)NCCC(=O)ON1C(=O)CCC1=O)C(C)(C)C. The lowest BCUT2D eigenvalue weighted by atomic mass is 9.95. The molecule has 4 amide bonds. The van der Waals surface area contributed by atoms with Gasteiger partial charge in [-0.3, -0.25) is 24.1 Å². The van der Waals surface area contributed by atoms with Crippen LogP contribution in [0.4, 0.5) is 0 Å². The minimum atomic E-state index is -0.790. The number of imide groups is 1. The number of hydroxylamine groups is 2. The van der Waals surface area contributed by atoms with Crippen molar-refractivity contribution in [1.29, 1.82) is 0 Å². The van der Waals surface area contributed by atoms with Crippen LogP contribution in [0.1, 0.15) is 60.7 Å². The van der Waals surface area contributed by atoms with Gasteiger partial charge >= 0.3 is 5.97 Å². The van der Waals surface area contributed by atoms with Crippen LogP contribution < -0.4 is 10.6 Å². The van der Waals surface area contributed by atoms with Crippen molar-refractivity contribution in [3.63, 3.8) is 0 Å². The number of carbonyl (C=O) groups excluding carboxylic acids is 5. The summed E-state index contributed by atoms with van der Waals surface area (Å²) in [5.74, 6) is -2.44. The van der Waals surface area contributed by atoms with Crippen LogP contribution >= 0.6 is 0 Å². The van der Waals surface area contributed by atoms with E-state index in [9.17, 15) is 24.0 Å². The maximum atomic E-state index is 12.5. The van der Waals surface area contributed by atoms with Crippen LogP contribution in [0.5, 0.6) is 0 Å². The molecule has 2 atom stereocenters. The molecule has 0 radical (unpaired) electrons. The first-order valence-corrected chi connectivity index (χ1v) is 10.3. The third-order valence-electron chi connectivity index (χ3n) is 4.65. The molecule has 0 bridgehead atoms. The first-order chi connectivity index (χ1) is 14.5. The molecule has 2 rings (SSSR count). The van der Waals surface area contributed by atoms with Crippen molar-refractivity contribution < 1.29 is 30.2 Å². The molecule has 0 saturated carbocycles. The molecular formula is C20H32N4O6. The smallest absolute Gasteiger partial charge is 0.334 e. The third-order valence-corrected chi connectivity index (χ3v) is 4.65. The van der Waals surface area contributed by atoms with E-state index in [0.29, 0.717) is 18.0 Å². The number of likely N-dealkylation sites (tertiary alicyclic amines) is 1. The van der Waals surface area contributed by atoms with Gasteiger partial charge in [0.15, 0.2) is 0 Å². The molecule has 30 heavy (non-hydrogen) atoms. The summed E-state index contributed by atoms with van der Waals surface area (Å²) in [5, 5.41) is 5.75. The van der Waals surface area contributed by atoms with E-state index >= 15 is 0 Å². The summed E-state index contributed by atoms with van der Waals surface area (Å²) in [6, 6.07) is -0.365. The van der Waals surface area contributed by atoms with Gasteiger partial charge in [0, 0.05) is 40.2 Å². The van der Waals surface area contributed by atoms with Gasteiger partial charge in [-0.05, 0) is 24.8 Å². The Labute approximate surface area is 178 Å². The van der Waals surface area contributed by atoms with Crippen LogP contribution in [0.2, 0.25) is 0 Å². The molecule has 2 fully saturated rings. The summed E-state index contributed by atoms with van der Waals surface area (Å²) in [5.41, 5.74) is -0.265. The van der Waals surface area contributed by atoms with Crippen molar-refractivity contribution in [2.45, 2.75) is 65.3 Å². The number of hydrogen-bond donors (Lipinski definition) is 2. The Balaban J connectivity index is 1.64. The molecule has 2 aliphatic rings. The Morgan fingerprint density at radius 1 is 1.10 bits per heavy atom. The first-order valence-electron chi connectivity index (χ1n) is 10.9. The van der Waals surface area contributed by atoms with E-state index in [-0.39, 0.29) is 62.0 Å². The summed E-state index contributed by atoms with van der Waals surface area (Å²) in [7, 11) is 0. The van der Waals surface area contributed by atoms with Crippen LogP contribution in [0.25, 0.3) is 0 Å². The quantitative estimate of drug-likeness (QED) is 0.503. The second kappa shape index (κ2) is 10.5. The molecule has 2 unspecified atom stereocenters. The lowest BCUT2D eigenvalue weighted by Crippen LogP contribution is -2.46. The fourth-order valence-electron chi connectivity index (χ4n) is 3.34. The third kappa shape index (κ3) is 7.40. The predicted octanol–water partition coefficient (Wildman–Crippen LogP) is 0.117. The largest absolute Gasteiger partial charge is 0.355 e. The molecule has 168 valence electrons. The number of nitrogens with zero attached hydrogens (tertiary/aromatic N) is 2. The van der Waals surface area contributed by atoms with E-state index in [0.717, 1.165) is 6.42 Å². The molecule has 10 heteroatoms. The van der Waals surface area contributed by atoms with Gasteiger partial charge in [0.25, 0.3) is 11.8 Å². The van der Waals surface area contributed by atoms with E-state index in [1.807, 2.05) is 25.7 Å². The van der Waals surface area contributed by atoms with E-state index in [2.05, 4.69) is 10.6 Å². The van der Waals surface area contributed by atoms with Gasteiger partial charge in [-0.15, -0.1) is 5.06 Å². The topological polar surface area (TPSA) is 125 Å². The summed E-state index contributed by atoms with van der Waals surface area (Å²) in [6.07, 6.45) is 1.43. The number of rotatable bonds is 9. The van der Waals surface area contributed by atoms with Gasteiger partial charge in [-0.25, -0.2) is 4.79 Å². The van der Waals surface area contributed by atoms with Gasteiger partial charge in [0.05, 0.1) is 12.5 Å². The summed E-state index contributed by atoms with van der Waals surface area (Å²) >= 11 is 0.